The van der Waals surface area contributed by atoms with Crippen LogP contribution in [0.2, 0.25) is 0 Å². The molecule has 0 heterocycles. The molecular weight excluding hydrogens is 262 g/mol. The van der Waals surface area contributed by atoms with Crippen LogP contribution < -0.4 is 5.32 Å². The Labute approximate surface area is 129 Å². The minimum atomic E-state index is 0.0958. The lowest BCUT2D eigenvalue weighted by molar-refractivity contribution is 0.0202. The molecule has 1 atom stereocenters. The van der Waals surface area contributed by atoms with Crippen LogP contribution >= 0.6 is 0 Å². The van der Waals surface area contributed by atoms with Crippen LogP contribution in [0.5, 0.6) is 0 Å². The first-order valence-electron chi connectivity index (χ1n) is 7.37. The van der Waals surface area contributed by atoms with Crippen LogP contribution in [0.4, 0.5) is 0 Å². The lowest BCUT2D eigenvalue weighted by atomic mass is 9.89. The van der Waals surface area contributed by atoms with Gasteiger partial charge in [0.25, 0.3) is 0 Å². The van der Waals surface area contributed by atoms with E-state index >= 15 is 0 Å². The number of hydrogen-bond donors (Lipinski definition) is 1. The van der Waals surface area contributed by atoms with Crippen molar-refractivity contribution in [2.24, 2.45) is 10.4 Å². The van der Waals surface area contributed by atoms with E-state index in [9.17, 15) is 0 Å². The number of rotatable bonds is 5. The smallest absolute Gasteiger partial charge is 0.193 e. The summed E-state index contributed by atoms with van der Waals surface area (Å²) in [6.45, 7) is 8.11. The summed E-state index contributed by atoms with van der Waals surface area (Å²) >= 11 is 0. The molecule has 4 nitrogen and oxygen atoms in total. The third kappa shape index (κ3) is 5.76. The second kappa shape index (κ2) is 8.03. The minimum Gasteiger partial charge on any atom is -0.379 e. The van der Waals surface area contributed by atoms with Gasteiger partial charge in [-0.2, -0.15) is 0 Å². The monoisotopic (exact) mass is 291 g/mol. The zero-order valence-electron chi connectivity index (χ0n) is 14.2. The van der Waals surface area contributed by atoms with E-state index < -0.39 is 0 Å². The Kier molecular flexibility index (Phi) is 6.69. The summed E-state index contributed by atoms with van der Waals surface area (Å²) in [5.74, 6) is 0.880. The maximum absolute atomic E-state index is 5.57. The van der Waals surface area contributed by atoms with E-state index in [1.165, 1.54) is 5.56 Å². The van der Waals surface area contributed by atoms with Gasteiger partial charge in [-0.05, 0) is 11.0 Å². The van der Waals surface area contributed by atoms with E-state index in [2.05, 4.69) is 60.2 Å². The number of aliphatic imine (C=N–C) groups is 1. The molecule has 0 aliphatic rings. The largest absolute Gasteiger partial charge is 0.379 e. The average molecular weight is 291 g/mol. The van der Waals surface area contributed by atoms with Crippen LogP contribution in [0.15, 0.2) is 35.3 Å². The third-order valence-electron chi connectivity index (χ3n) is 3.53. The van der Waals surface area contributed by atoms with Crippen molar-refractivity contribution in [3.05, 3.63) is 35.9 Å². The molecular formula is C17H29N3O. The van der Waals surface area contributed by atoms with Crippen LogP contribution in [-0.2, 0) is 11.3 Å². The van der Waals surface area contributed by atoms with Gasteiger partial charge in [-0.15, -0.1) is 0 Å². The number of nitrogens with one attached hydrogen (secondary N) is 1. The van der Waals surface area contributed by atoms with Gasteiger partial charge in [-0.3, -0.25) is 4.99 Å². The Bertz CT molecular complexity index is 437. The average Bonchev–Trinajstić information content (AvgIpc) is 2.43. The van der Waals surface area contributed by atoms with Crippen molar-refractivity contribution in [2.75, 3.05) is 27.7 Å². The Balaban J connectivity index is 2.59. The second-order valence-corrected chi connectivity index (χ2v) is 6.36. The van der Waals surface area contributed by atoms with Gasteiger partial charge in [-0.25, -0.2) is 0 Å². The summed E-state index contributed by atoms with van der Waals surface area (Å²) in [6.07, 6.45) is 0.138. The van der Waals surface area contributed by atoms with Crippen molar-refractivity contribution in [2.45, 2.75) is 33.4 Å². The number of ether oxygens (including phenoxy) is 1. The summed E-state index contributed by atoms with van der Waals surface area (Å²) < 4.78 is 5.57. The van der Waals surface area contributed by atoms with Crippen LogP contribution in [0.1, 0.15) is 26.3 Å². The lowest BCUT2D eigenvalue weighted by Crippen LogP contribution is -2.45. The fourth-order valence-corrected chi connectivity index (χ4v) is 2.24. The standard InChI is InChI=1S/C17H29N3O/c1-17(2,3)15(21-6)12-19-16(18-4)20(5)13-14-10-8-7-9-11-14/h7-11,15H,12-13H2,1-6H3,(H,18,19). The van der Waals surface area contributed by atoms with E-state index in [0.29, 0.717) is 0 Å². The van der Waals surface area contributed by atoms with Gasteiger partial charge in [0.15, 0.2) is 5.96 Å². The molecule has 1 rings (SSSR count). The van der Waals surface area contributed by atoms with Crippen molar-refractivity contribution in [3.8, 4) is 0 Å². The molecule has 1 aromatic rings. The lowest BCUT2D eigenvalue weighted by Gasteiger charge is -2.31. The summed E-state index contributed by atoms with van der Waals surface area (Å²) in [6, 6.07) is 10.4. The van der Waals surface area contributed by atoms with E-state index in [4.69, 9.17) is 4.74 Å². The molecule has 0 aliphatic heterocycles. The normalized spacial score (nSPS) is 13.9. The van der Waals surface area contributed by atoms with Crippen LogP contribution in [0.3, 0.4) is 0 Å². The van der Waals surface area contributed by atoms with Crippen molar-refractivity contribution in [3.63, 3.8) is 0 Å². The molecule has 0 aromatic heterocycles. The molecule has 0 aliphatic carbocycles. The van der Waals surface area contributed by atoms with Gasteiger partial charge in [-0.1, -0.05) is 51.1 Å². The molecule has 4 heteroatoms. The highest BCUT2D eigenvalue weighted by Gasteiger charge is 2.24. The molecule has 0 radical (unpaired) electrons. The van der Waals surface area contributed by atoms with Gasteiger partial charge >= 0.3 is 0 Å². The van der Waals surface area contributed by atoms with Crippen molar-refractivity contribution in [1.82, 2.24) is 10.2 Å². The van der Waals surface area contributed by atoms with Gasteiger partial charge in [0.05, 0.1) is 6.10 Å². The van der Waals surface area contributed by atoms with Gasteiger partial charge in [0, 0.05) is 34.3 Å². The molecule has 0 bridgehead atoms. The molecule has 0 fully saturated rings. The van der Waals surface area contributed by atoms with Crippen LogP contribution in [0.25, 0.3) is 0 Å². The molecule has 1 unspecified atom stereocenters. The number of nitrogens with zero attached hydrogens (tertiary/aromatic N) is 2. The summed E-state index contributed by atoms with van der Waals surface area (Å²) in [5, 5.41) is 3.40. The van der Waals surface area contributed by atoms with Crippen LogP contribution in [-0.4, -0.2) is 44.7 Å². The van der Waals surface area contributed by atoms with Crippen molar-refractivity contribution in [1.29, 1.82) is 0 Å². The first kappa shape index (κ1) is 17.5. The quantitative estimate of drug-likeness (QED) is 0.669. The van der Waals surface area contributed by atoms with Gasteiger partial charge in [0.2, 0.25) is 0 Å². The molecule has 1 aromatic carbocycles. The highest BCUT2D eigenvalue weighted by Crippen LogP contribution is 2.21. The van der Waals surface area contributed by atoms with E-state index in [1.54, 1.807) is 7.11 Å². The molecule has 0 spiro atoms. The Hall–Kier alpha value is -1.55. The number of guanidine groups is 1. The Morgan fingerprint density at radius 3 is 2.38 bits per heavy atom. The maximum atomic E-state index is 5.57. The molecule has 0 amide bonds. The minimum absolute atomic E-state index is 0.0958. The van der Waals surface area contributed by atoms with Gasteiger partial charge in [0.1, 0.15) is 0 Å². The maximum Gasteiger partial charge on any atom is 0.193 e. The summed E-state index contributed by atoms with van der Waals surface area (Å²) in [7, 11) is 5.61. The SMILES string of the molecule is CN=C(NCC(OC)C(C)(C)C)N(C)Cc1ccccc1. The van der Waals surface area contributed by atoms with Gasteiger partial charge < -0.3 is 15.0 Å². The fourth-order valence-electron chi connectivity index (χ4n) is 2.24. The van der Waals surface area contributed by atoms with E-state index in [-0.39, 0.29) is 11.5 Å². The van der Waals surface area contributed by atoms with Crippen molar-refractivity contribution < 1.29 is 4.74 Å². The zero-order valence-corrected chi connectivity index (χ0v) is 14.2. The van der Waals surface area contributed by atoms with Crippen LogP contribution in [0, 0.1) is 5.41 Å². The Morgan fingerprint density at radius 1 is 1.29 bits per heavy atom. The first-order chi connectivity index (χ1) is 9.88. The number of hydrogen-bond acceptors (Lipinski definition) is 2. The van der Waals surface area contributed by atoms with Crippen molar-refractivity contribution >= 4 is 5.96 Å². The third-order valence-corrected chi connectivity index (χ3v) is 3.53. The Morgan fingerprint density at radius 2 is 1.90 bits per heavy atom. The summed E-state index contributed by atoms with van der Waals surface area (Å²) in [4.78, 5) is 6.46. The molecule has 118 valence electrons. The summed E-state index contributed by atoms with van der Waals surface area (Å²) in [5.41, 5.74) is 1.36. The van der Waals surface area contributed by atoms with E-state index in [0.717, 1.165) is 19.0 Å². The second-order valence-electron chi connectivity index (χ2n) is 6.36. The number of methoxy groups -OCH3 is 1. The highest BCUT2D eigenvalue weighted by atomic mass is 16.5. The predicted molar refractivity (Wildman–Crippen MR) is 89.5 cm³/mol. The molecule has 21 heavy (non-hydrogen) atoms. The molecule has 1 N–H and O–H groups in total. The van der Waals surface area contributed by atoms with E-state index in [1.807, 2.05) is 20.2 Å². The molecule has 0 saturated carbocycles. The molecule has 0 saturated heterocycles. The highest BCUT2D eigenvalue weighted by molar-refractivity contribution is 5.79. The topological polar surface area (TPSA) is 36.9 Å². The first-order valence-corrected chi connectivity index (χ1v) is 7.37. The number of benzene rings is 1. The fraction of sp³-hybridized carbons (Fsp3) is 0.588. The zero-order chi connectivity index (χ0) is 15.9. The predicted octanol–water partition coefficient (Wildman–Crippen LogP) is 2.75.